The molecule has 0 fully saturated rings. The van der Waals surface area contributed by atoms with Gasteiger partial charge in [0.05, 0.1) is 11.1 Å². The maximum atomic E-state index is 13.1. The van der Waals surface area contributed by atoms with Gasteiger partial charge in [-0.15, -0.1) is 0 Å². The molecule has 0 unspecified atom stereocenters. The van der Waals surface area contributed by atoms with Crippen LogP contribution in [0.4, 0.5) is 0 Å². The predicted molar refractivity (Wildman–Crippen MR) is 122 cm³/mol. The Bertz CT molecular complexity index is 926. The predicted octanol–water partition coefficient (Wildman–Crippen LogP) is 6.37. The van der Waals surface area contributed by atoms with Gasteiger partial charge in [0.15, 0.2) is 5.76 Å². The number of allylic oxidation sites excluding steroid dienone is 1. The van der Waals surface area contributed by atoms with E-state index >= 15 is 0 Å². The number of hydrogen-bond donors (Lipinski definition) is 1. The fourth-order valence-electron chi connectivity index (χ4n) is 3.70. The number of ketones is 1. The van der Waals surface area contributed by atoms with Crippen LogP contribution < -0.4 is 4.74 Å². The van der Waals surface area contributed by atoms with E-state index in [1.54, 1.807) is 24.3 Å². The number of Topliss-reactive ketones (excluding diaryl/α,β-unsaturated/α-hetero) is 1. The molecule has 0 bridgehead atoms. The molecule has 5 heteroatoms. The number of benzene rings is 2. The Labute approximate surface area is 184 Å². The molecule has 160 valence electrons. The first kappa shape index (κ1) is 22.4. The van der Waals surface area contributed by atoms with Crippen LogP contribution in [0.1, 0.15) is 66.6 Å². The number of rotatable bonds is 9. The summed E-state index contributed by atoms with van der Waals surface area (Å²) in [5.74, 6) is 0.809. The van der Waals surface area contributed by atoms with E-state index in [4.69, 9.17) is 16.3 Å². The van der Waals surface area contributed by atoms with Crippen molar-refractivity contribution in [2.45, 2.75) is 53.0 Å². The van der Waals surface area contributed by atoms with Crippen LogP contribution in [0.15, 0.2) is 36.1 Å². The van der Waals surface area contributed by atoms with Crippen LogP contribution in [0.2, 0.25) is 5.02 Å². The Balaban J connectivity index is 1.94. The van der Waals surface area contributed by atoms with Crippen molar-refractivity contribution in [3.05, 3.63) is 63.4 Å². The lowest BCUT2D eigenvalue weighted by atomic mass is 9.99. The zero-order chi connectivity index (χ0) is 21.7. The number of carbonyl (C=O) groups excluding carboxylic acids is 1. The number of halogens is 1. The van der Waals surface area contributed by atoms with Crippen molar-refractivity contribution in [2.75, 3.05) is 13.1 Å². The average molecular weight is 428 g/mol. The summed E-state index contributed by atoms with van der Waals surface area (Å²) in [6, 6.07) is 8.93. The first-order chi connectivity index (χ1) is 14.4. The van der Waals surface area contributed by atoms with Crippen molar-refractivity contribution in [1.82, 2.24) is 4.90 Å². The summed E-state index contributed by atoms with van der Waals surface area (Å²) >= 11 is 5.96. The molecule has 1 heterocycles. The van der Waals surface area contributed by atoms with Gasteiger partial charge in [-0.25, -0.2) is 0 Å². The number of fused-ring (bicyclic) bond motifs is 1. The highest BCUT2D eigenvalue weighted by Crippen LogP contribution is 2.42. The van der Waals surface area contributed by atoms with E-state index < -0.39 is 0 Å². The fraction of sp³-hybridized carbons (Fsp3) is 0.400. The van der Waals surface area contributed by atoms with Crippen molar-refractivity contribution in [3.8, 4) is 11.5 Å². The number of aromatic hydroxyl groups is 1. The third-order valence-corrected chi connectivity index (χ3v) is 5.68. The topological polar surface area (TPSA) is 49.8 Å². The molecule has 0 amide bonds. The molecule has 1 N–H and O–H groups in total. The van der Waals surface area contributed by atoms with Gasteiger partial charge in [-0.05, 0) is 68.3 Å². The van der Waals surface area contributed by atoms with Crippen LogP contribution in [-0.2, 0) is 6.54 Å². The summed E-state index contributed by atoms with van der Waals surface area (Å²) in [4.78, 5) is 15.4. The molecular formula is C25H30ClNO3. The van der Waals surface area contributed by atoms with Gasteiger partial charge in [0, 0.05) is 11.6 Å². The average Bonchev–Trinajstić information content (AvgIpc) is 3.04. The number of hydrogen-bond acceptors (Lipinski definition) is 4. The number of unbranched alkanes of at least 4 members (excludes halogenated alkanes) is 2. The molecule has 0 saturated carbocycles. The number of carbonyl (C=O) groups is 1. The lowest BCUT2D eigenvalue weighted by Crippen LogP contribution is -2.26. The van der Waals surface area contributed by atoms with Crippen molar-refractivity contribution in [1.29, 1.82) is 0 Å². The van der Waals surface area contributed by atoms with Crippen LogP contribution >= 0.6 is 11.6 Å². The second-order valence-electron chi connectivity index (χ2n) is 7.87. The maximum absolute atomic E-state index is 13.1. The zero-order valence-electron chi connectivity index (χ0n) is 18.0. The number of aryl methyl sites for hydroxylation is 1. The van der Waals surface area contributed by atoms with E-state index in [2.05, 4.69) is 18.7 Å². The second kappa shape index (κ2) is 10.1. The summed E-state index contributed by atoms with van der Waals surface area (Å²) in [5.41, 5.74) is 2.81. The Kier molecular flexibility index (Phi) is 7.57. The Morgan fingerprint density at radius 1 is 1.10 bits per heavy atom. The third kappa shape index (κ3) is 5.05. The molecule has 0 spiro atoms. The first-order valence-electron chi connectivity index (χ1n) is 10.7. The van der Waals surface area contributed by atoms with Gasteiger partial charge in [0.2, 0.25) is 5.78 Å². The van der Waals surface area contributed by atoms with Crippen molar-refractivity contribution in [3.63, 3.8) is 0 Å². The number of nitrogens with zero attached hydrogens (tertiary/aromatic N) is 1. The maximum Gasteiger partial charge on any atom is 0.232 e. The minimum atomic E-state index is -0.146. The summed E-state index contributed by atoms with van der Waals surface area (Å²) in [5, 5.41) is 11.3. The Hall–Kier alpha value is -2.30. The summed E-state index contributed by atoms with van der Waals surface area (Å²) < 4.78 is 6.05. The first-order valence-corrected chi connectivity index (χ1v) is 11.1. The summed E-state index contributed by atoms with van der Waals surface area (Å²) in [7, 11) is 0. The lowest BCUT2D eigenvalue weighted by molar-refractivity contribution is 0.101. The largest absolute Gasteiger partial charge is 0.507 e. The number of ether oxygens (including phenoxy) is 1. The highest BCUT2D eigenvalue weighted by molar-refractivity contribution is 6.30. The van der Waals surface area contributed by atoms with Crippen LogP contribution in [-0.4, -0.2) is 28.9 Å². The third-order valence-electron chi connectivity index (χ3n) is 5.43. The van der Waals surface area contributed by atoms with Gasteiger partial charge in [-0.3, -0.25) is 9.69 Å². The quantitative estimate of drug-likeness (QED) is 0.472. The Morgan fingerprint density at radius 3 is 2.33 bits per heavy atom. The molecule has 2 aromatic carbocycles. The molecule has 0 aromatic heterocycles. The standard InChI is InChI=1S/C25H30ClNO3/c1-4-6-12-27(13-7-5-2)16-20-21(28)14-17(3)23-24(29)22(30-25(20)23)15-18-8-10-19(26)11-9-18/h8-11,14-15,28H,4-7,12-13,16H2,1-3H3/b22-15+. The minimum absolute atomic E-state index is 0.146. The van der Waals surface area contributed by atoms with Crippen molar-refractivity contribution >= 4 is 23.5 Å². The summed E-state index contributed by atoms with van der Waals surface area (Å²) in [6.45, 7) is 8.67. The fourth-order valence-corrected chi connectivity index (χ4v) is 3.83. The van der Waals surface area contributed by atoms with E-state index in [9.17, 15) is 9.90 Å². The Morgan fingerprint density at radius 2 is 1.73 bits per heavy atom. The van der Waals surface area contributed by atoms with Crippen molar-refractivity contribution in [2.24, 2.45) is 0 Å². The molecule has 30 heavy (non-hydrogen) atoms. The molecule has 1 aliphatic heterocycles. The van der Waals surface area contributed by atoms with Gasteiger partial charge < -0.3 is 9.84 Å². The summed E-state index contributed by atoms with van der Waals surface area (Å²) in [6.07, 6.45) is 6.15. The van der Waals surface area contributed by atoms with Gasteiger partial charge >= 0.3 is 0 Å². The van der Waals surface area contributed by atoms with E-state index in [1.165, 1.54) is 0 Å². The normalized spacial score (nSPS) is 14.4. The van der Waals surface area contributed by atoms with Gasteiger partial charge in [0.25, 0.3) is 0 Å². The molecule has 3 rings (SSSR count). The molecule has 0 aliphatic carbocycles. The SMILES string of the molecule is CCCCN(CCCC)Cc1c(O)cc(C)c2c1O/C(=C/c1ccc(Cl)cc1)C2=O. The van der Waals surface area contributed by atoms with Crippen molar-refractivity contribution < 1.29 is 14.6 Å². The smallest absolute Gasteiger partial charge is 0.232 e. The van der Waals surface area contributed by atoms with Crippen LogP contribution in [0.3, 0.4) is 0 Å². The molecule has 0 radical (unpaired) electrons. The molecule has 0 saturated heterocycles. The highest BCUT2D eigenvalue weighted by atomic mass is 35.5. The van der Waals surface area contributed by atoms with E-state index in [-0.39, 0.29) is 17.3 Å². The van der Waals surface area contributed by atoms with Crippen LogP contribution in [0.5, 0.6) is 11.5 Å². The highest BCUT2D eigenvalue weighted by Gasteiger charge is 2.33. The van der Waals surface area contributed by atoms with Crippen LogP contribution in [0, 0.1) is 6.92 Å². The molecule has 4 nitrogen and oxygen atoms in total. The van der Waals surface area contributed by atoms with Gasteiger partial charge in [0.1, 0.15) is 11.5 Å². The lowest BCUT2D eigenvalue weighted by Gasteiger charge is -2.23. The molecule has 2 aromatic rings. The van der Waals surface area contributed by atoms with Gasteiger partial charge in [-0.2, -0.15) is 0 Å². The number of phenolic OH excluding ortho intramolecular Hbond substituents is 1. The zero-order valence-corrected chi connectivity index (χ0v) is 18.8. The van der Waals surface area contributed by atoms with E-state index in [0.717, 1.165) is 49.9 Å². The van der Waals surface area contributed by atoms with E-state index in [1.807, 2.05) is 19.1 Å². The second-order valence-corrected chi connectivity index (χ2v) is 8.31. The molecule has 1 aliphatic rings. The monoisotopic (exact) mass is 427 g/mol. The molecule has 0 atom stereocenters. The minimum Gasteiger partial charge on any atom is -0.507 e. The molecular weight excluding hydrogens is 398 g/mol. The number of phenols is 1. The van der Waals surface area contributed by atoms with E-state index in [0.29, 0.717) is 28.4 Å². The van der Waals surface area contributed by atoms with Gasteiger partial charge in [-0.1, -0.05) is 50.4 Å². The van der Waals surface area contributed by atoms with Crippen LogP contribution in [0.25, 0.3) is 6.08 Å².